The molecule has 1 saturated carbocycles. The smallest absolute Gasteiger partial charge is 0.310 e. The molecule has 0 bridgehead atoms. The molecule has 2 aliphatic heterocycles. The van der Waals surface area contributed by atoms with Crippen LogP contribution in [0.4, 0.5) is 8.78 Å². The number of halogens is 2. The fourth-order valence-electron chi connectivity index (χ4n) is 7.71. The van der Waals surface area contributed by atoms with E-state index in [1.54, 1.807) is 5.57 Å². The van der Waals surface area contributed by atoms with Gasteiger partial charge in [-0.25, -0.2) is 8.78 Å². The number of piperazine rings is 1. The standard InChI is InChI=1S/C32H38F2N2O2/c1-21-4-3-13-32(2)19-29-26(18-28(21)32)27(31(37)38-29)20-35-14-16-36(17-15-35)30(22-5-9-24(33)10-6-22)23-7-11-25(34)12-8-23/h5-12,26-27,29-30H,3-4,13-20H2,1-2H3/t26-,27?,29-,32-/m1/s1. The monoisotopic (exact) mass is 520 g/mol. The van der Waals surface area contributed by atoms with Crippen molar-refractivity contribution in [3.8, 4) is 0 Å². The maximum atomic E-state index is 13.7. The number of ether oxygens (including phenoxy) is 1. The maximum absolute atomic E-state index is 13.7. The van der Waals surface area contributed by atoms with Gasteiger partial charge in [0, 0.05) is 38.6 Å². The second kappa shape index (κ2) is 10.2. The van der Waals surface area contributed by atoms with Gasteiger partial charge in [0.15, 0.2) is 0 Å². The topological polar surface area (TPSA) is 32.8 Å². The van der Waals surface area contributed by atoms with Gasteiger partial charge in [0.1, 0.15) is 17.7 Å². The van der Waals surface area contributed by atoms with Crippen LogP contribution in [0.5, 0.6) is 0 Å². The van der Waals surface area contributed by atoms with E-state index in [9.17, 15) is 13.6 Å². The molecule has 2 aromatic carbocycles. The Morgan fingerprint density at radius 3 is 2.18 bits per heavy atom. The van der Waals surface area contributed by atoms with Gasteiger partial charge in [0.25, 0.3) is 0 Å². The highest BCUT2D eigenvalue weighted by molar-refractivity contribution is 5.76. The second-order valence-corrected chi connectivity index (χ2v) is 12.2. The van der Waals surface area contributed by atoms with Crippen molar-refractivity contribution in [1.82, 2.24) is 9.80 Å². The number of hydrogen-bond donors (Lipinski definition) is 0. The number of nitrogens with zero attached hydrogens (tertiary/aromatic N) is 2. The highest BCUT2D eigenvalue weighted by atomic mass is 19.1. The van der Waals surface area contributed by atoms with Crippen LogP contribution < -0.4 is 0 Å². The van der Waals surface area contributed by atoms with E-state index in [0.29, 0.717) is 0 Å². The lowest BCUT2D eigenvalue weighted by atomic mass is 9.59. The van der Waals surface area contributed by atoms with Crippen molar-refractivity contribution in [1.29, 1.82) is 0 Å². The quantitative estimate of drug-likeness (QED) is 0.351. The van der Waals surface area contributed by atoms with Gasteiger partial charge in [-0.05, 0) is 79.8 Å². The van der Waals surface area contributed by atoms with E-state index >= 15 is 0 Å². The van der Waals surface area contributed by atoms with E-state index < -0.39 is 0 Å². The predicted octanol–water partition coefficient (Wildman–Crippen LogP) is 6.13. The number of esters is 1. The second-order valence-electron chi connectivity index (χ2n) is 12.2. The Morgan fingerprint density at radius 2 is 1.58 bits per heavy atom. The van der Waals surface area contributed by atoms with Crippen LogP contribution in [0.15, 0.2) is 59.7 Å². The maximum Gasteiger partial charge on any atom is 0.310 e. The van der Waals surface area contributed by atoms with Crippen LogP contribution in [0, 0.1) is 28.9 Å². The zero-order valence-corrected chi connectivity index (χ0v) is 22.5. The van der Waals surface area contributed by atoms with E-state index in [0.717, 1.165) is 56.7 Å². The fourth-order valence-corrected chi connectivity index (χ4v) is 7.71. The van der Waals surface area contributed by atoms with Gasteiger partial charge in [-0.15, -0.1) is 0 Å². The van der Waals surface area contributed by atoms with Crippen molar-refractivity contribution in [3.63, 3.8) is 0 Å². The molecule has 202 valence electrons. The highest BCUT2D eigenvalue weighted by Crippen LogP contribution is 2.55. The number of allylic oxidation sites excluding steroid dienone is 2. The molecular weight excluding hydrogens is 482 g/mol. The summed E-state index contributed by atoms with van der Waals surface area (Å²) in [4.78, 5) is 17.9. The molecule has 0 radical (unpaired) electrons. The van der Waals surface area contributed by atoms with Crippen LogP contribution in [-0.4, -0.2) is 54.6 Å². The first-order chi connectivity index (χ1) is 18.3. The molecular formula is C32H38F2N2O2. The summed E-state index contributed by atoms with van der Waals surface area (Å²) >= 11 is 0. The molecule has 0 N–H and O–H groups in total. The summed E-state index contributed by atoms with van der Waals surface area (Å²) in [7, 11) is 0. The van der Waals surface area contributed by atoms with E-state index in [4.69, 9.17) is 4.74 Å². The molecule has 2 aliphatic carbocycles. The molecule has 4 aliphatic rings. The molecule has 4 nitrogen and oxygen atoms in total. The first kappa shape index (κ1) is 25.7. The number of carbonyl (C=O) groups excluding carboxylic acids is 1. The summed E-state index contributed by atoms with van der Waals surface area (Å²) in [5, 5.41) is 0. The number of hydrogen-bond acceptors (Lipinski definition) is 4. The Hall–Kier alpha value is -2.57. The minimum Gasteiger partial charge on any atom is -0.462 e. The van der Waals surface area contributed by atoms with Crippen molar-refractivity contribution in [2.45, 2.75) is 58.1 Å². The molecule has 38 heavy (non-hydrogen) atoms. The summed E-state index contributed by atoms with van der Waals surface area (Å²) in [6.07, 6.45) is 5.65. The van der Waals surface area contributed by atoms with E-state index in [1.807, 2.05) is 24.3 Å². The third kappa shape index (κ3) is 4.82. The highest BCUT2D eigenvalue weighted by Gasteiger charge is 2.53. The number of carbonyl (C=O) groups is 1. The molecule has 3 fully saturated rings. The molecule has 2 heterocycles. The molecule has 4 atom stereocenters. The van der Waals surface area contributed by atoms with Crippen molar-refractivity contribution in [2.75, 3.05) is 32.7 Å². The van der Waals surface area contributed by atoms with Crippen LogP contribution in [0.1, 0.15) is 63.1 Å². The summed E-state index contributed by atoms with van der Waals surface area (Å²) in [6, 6.07) is 13.2. The van der Waals surface area contributed by atoms with Gasteiger partial charge in [0.2, 0.25) is 0 Å². The van der Waals surface area contributed by atoms with E-state index in [-0.39, 0.29) is 47.0 Å². The minimum absolute atomic E-state index is 0.0153. The Kier molecular flexibility index (Phi) is 6.89. The first-order valence-corrected chi connectivity index (χ1v) is 14.2. The summed E-state index contributed by atoms with van der Waals surface area (Å²) < 4.78 is 33.3. The summed E-state index contributed by atoms with van der Waals surface area (Å²) in [5.41, 5.74) is 5.32. The molecule has 2 aromatic rings. The molecule has 0 spiro atoms. The van der Waals surface area contributed by atoms with Gasteiger partial charge in [-0.3, -0.25) is 14.6 Å². The molecule has 6 rings (SSSR count). The van der Waals surface area contributed by atoms with Crippen molar-refractivity contribution >= 4 is 5.97 Å². The Bertz CT molecular complexity index is 1160. The van der Waals surface area contributed by atoms with Gasteiger partial charge in [-0.2, -0.15) is 0 Å². The minimum atomic E-state index is -0.264. The van der Waals surface area contributed by atoms with Gasteiger partial charge in [0.05, 0.1) is 12.0 Å². The third-order valence-corrected chi connectivity index (χ3v) is 9.78. The number of benzene rings is 2. The molecule has 0 aromatic heterocycles. The van der Waals surface area contributed by atoms with Crippen LogP contribution >= 0.6 is 0 Å². The lowest BCUT2D eigenvalue weighted by Gasteiger charge is -2.46. The first-order valence-electron chi connectivity index (χ1n) is 14.2. The van der Waals surface area contributed by atoms with Gasteiger partial charge < -0.3 is 4.74 Å². The largest absolute Gasteiger partial charge is 0.462 e. The molecule has 0 amide bonds. The van der Waals surface area contributed by atoms with Gasteiger partial charge in [-0.1, -0.05) is 42.3 Å². The molecule has 2 saturated heterocycles. The summed E-state index contributed by atoms with van der Waals surface area (Å²) in [5.74, 6) is -0.328. The number of fused-ring (bicyclic) bond motifs is 2. The van der Waals surface area contributed by atoms with Crippen LogP contribution in [0.2, 0.25) is 0 Å². The number of rotatable bonds is 5. The van der Waals surface area contributed by atoms with Crippen molar-refractivity contribution in [3.05, 3.63) is 82.4 Å². The predicted molar refractivity (Wildman–Crippen MR) is 143 cm³/mol. The summed E-state index contributed by atoms with van der Waals surface area (Å²) in [6.45, 7) is 8.74. The van der Waals surface area contributed by atoms with Crippen molar-refractivity contribution in [2.24, 2.45) is 17.3 Å². The lowest BCUT2D eigenvalue weighted by Crippen LogP contribution is -2.50. The SMILES string of the molecule is CC1=C2C[C@@H]3C(CN4CCN(C(c5ccc(F)cc5)c5ccc(F)cc5)CC4)C(=O)O[C@@H]3C[C@@]2(C)CCC1. The van der Waals surface area contributed by atoms with Crippen molar-refractivity contribution < 1.29 is 18.3 Å². The van der Waals surface area contributed by atoms with Crippen LogP contribution in [0.25, 0.3) is 0 Å². The van der Waals surface area contributed by atoms with Crippen LogP contribution in [0.3, 0.4) is 0 Å². The Balaban J connectivity index is 1.15. The zero-order chi connectivity index (χ0) is 26.4. The lowest BCUT2D eigenvalue weighted by molar-refractivity contribution is -0.145. The third-order valence-electron chi connectivity index (χ3n) is 9.78. The molecule has 1 unspecified atom stereocenters. The Morgan fingerprint density at radius 1 is 0.974 bits per heavy atom. The van der Waals surface area contributed by atoms with E-state index in [2.05, 4.69) is 23.6 Å². The van der Waals surface area contributed by atoms with Crippen LogP contribution in [-0.2, 0) is 9.53 Å². The van der Waals surface area contributed by atoms with Gasteiger partial charge >= 0.3 is 5.97 Å². The Labute approximate surface area is 224 Å². The van der Waals surface area contributed by atoms with E-state index in [1.165, 1.54) is 49.1 Å². The molecule has 6 heteroatoms. The fraction of sp³-hybridized carbons (Fsp3) is 0.531. The average molecular weight is 521 g/mol. The average Bonchev–Trinajstić information content (AvgIpc) is 3.19. The zero-order valence-electron chi connectivity index (χ0n) is 22.5. The normalized spacial score (nSPS) is 30.3.